The number of hydrogen-bond acceptors (Lipinski definition) is 4. The van der Waals surface area contributed by atoms with Gasteiger partial charge < -0.3 is 14.4 Å². The lowest BCUT2D eigenvalue weighted by Gasteiger charge is -2.53. The molecule has 1 aromatic rings. The van der Waals surface area contributed by atoms with Gasteiger partial charge in [0.15, 0.2) is 0 Å². The molecule has 1 spiro atoms. The quantitative estimate of drug-likeness (QED) is 0.710. The van der Waals surface area contributed by atoms with Crippen LogP contribution in [0.5, 0.6) is 0 Å². The number of pyridine rings is 1. The van der Waals surface area contributed by atoms with Gasteiger partial charge in [0.25, 0.3) is 0 Å². The van der Waals surface area contributed by atoms with E-state index in [2.05, 4.69) is 4.98 Å². The van der Waals surface area contributed by atoms with Crippen LogP contribution in [0, 0.1) is 11.8 Å². The van der Waals surface area contributed by atoms with E-state index < -0.39 is 17.4 Å². The number of anilines is 1. The van der Waals surface area contributed by atoms with Crippen molar-refractivity contribution in [3.8, 4) is 0 Å². The molecule has 6 heteroatoms. The molecule has 2 saturated heterocycles. The summed E-state index contributed by atoms with van der Waals surface area (Å²) in [6.45, 7) is 3.92. The van der Waals surface area contributed by atoms with Crippen molar-refractivity contribution in [3.63, 3.8) is 0 Å². The van der Waals surface area contributed by atoms with Gasteiger partial charge in [-0.25, -0.2) is 9.37 Å². The molecule has 0 N–H and O–H groups in total. The van der Waals surface area contributed by atoms with E-state index in [0.29, 0.717) is 26.4 Å². The molecule has 4 nitrogen and oxygen atoms in total. The number of morpholine rings is 1. The largest absolute Gasteiger partial charge is 0.375 e. The first-order chi connectivity index (χ1) is 8.62. The molecule has 18 heavy (non-hydrogen) atoms. The third-order valence-electron chi connectivity index (χ3n) is 3.74. The SMILES string of the molecule is CC1N(c2cc(F)cnc2F)CCOC12COC2. The number of halogens is 2. The maximum Gasteiger partial charge on any atom is 0.236 e. The van der Waals surface area contributed by atoms with Crippen LogP contribution < -0.4 is 4.90 Å². The van der Waals surface area contributed by atoms with E-state index in [-0.39, 0.29) is 11.7 Å². The van der Waals surface area contributed by atoms with Gasteiger partial charge in [0.1, 0.15) is 11.4 Å². The number of nitrogens with zero attached hydrogens (tertiary/aromatic N) is 2. The molecule has 2 fully saturated rings. The molecule has 0 radical (unpaired) electrons. The number of aromatic nitrogens is 1. The third-order valence-corrected chi connectivity index (χ3v) is 3.74. The Morgan fingerprint density at radius 3 is 2.89 bits per heavy atom. The molecule has 1 atom stereocenters. The van der Waals surface area contributed by atoms with Crippen LogP contribution in [0.25, 0.3) is 0 Å². The highest BCUT2D eigenvalue weighted by Crippen LogP contribution is 2.35. The summed E-state index contributed by atoms with van der Waals surface area (Å²) >= 11 is 0. The Labute approximate surface area is 104 Å². The summed E-state index contributed by atoms with van der Waals surface area (Å²) in [6, 6.07) is 1.11. The molecule has 0 amide bonds. The molecule has 3 heterocycles. The van der Waals surface area contributed by atoms with Crippen LogP contribution in [0.15, 0.2) is 12.3 Å². The second kappa shape index (κ2) is 4.13. The Kier molecular flexibility index (Phi) is 2.71. The highest BCUT2D eigenvalue weighted by atomic mass is 19.1. The number of ether oxygens (including phenoxy) is 2. The lowest BCUT2D eigenvalue weighted by Crippen LogP contribution is -2.68. The van der Waals surface area contributed by atoms with Crippen LogP contribution in [0.4, 0.5) is 14.5 Å². The highest BCUT2D eigenvalue weighted by molar-refractivity contribution is 5.48. The van der Waals surface area contributed by atoms with E-state index in [1.807, 2.05) is 6.92 Å². The first-order valence-electron chi connectivity index (χ1n) is 5.92. The lowest BCUT2D eigenvalue weighted by molar-refractivity contribution is -0.228. The standard InChI is InChI=1S/C12H14F2N2O2/c1-8-12(6-17-7-12)18-3-2-16(8)10-4-9(13)5-15-11(10)14/h4-5,8H,2-3,6-7H2,1H3. The fourth-order valence-corrected chi connectivity index (χ4v) is 2.52. The molecule has 2 aliphatic rings. The van der Waals surface area contributed by atoms with E-state index >= 15 is 0 Å². The smallest absolute Gasteiger partial charge is 0.236 e. The van der Waals surface area contributed by atoms with Gasteiger partial charge in [0.05, 0.1) is 37.7 Å². The first kappa shape index (κ1) is 11.8. The topological polar surface area (TPSA) is 34.6 Å². The summed E-state index contributed by atoms with van der Waals surface area (Å²) in [5.74, 6) is -1.19. The average molecular weight is 256 g/mol. The highest BCUT2D eigenvalue weighted by Gasteiger charge is 2.50. The van der Waals surface area contributed by atoms with E-state index in [9.17, 15) is 8.78 Å². The van der Waals surface area contributed by atoms with Crippen molar-refractivity contribution in [3.05, 3.63) is 24.0 Å². The summed E-state index contributed by atoms with van der Waals surface area (Å²) in [5.41, 5.74) is -0.200. The van der Waals surface area contributed by atoms with Crippen LogP contribution in [0.2, 0.25) is 0 Å². The number of hydrogen-bond donors (Lipinski definition) is 0. The van der Waals surface area contributed by atoms with Crippen molar-refractivity contribution in [1.82, 2.24) is 4.98 Å². The van der Waals surface area contributed by atoms with Gasteiger partial charge in [0, 0.05) is 12.6 Å². The van der Waals surface area contributed by atoms with Gasteiger partial charge in [-0.05, 0) is 6.92 Å². The minimum atomic E-state index is -0.652. The maximum absolute atomic E-state index is 13.7. The maximum atomic E-state index is 13.7. The molecule has 0 aliphatic carbocycles. The second-order valence-corrected chi connectivity index (χ2v) is 4.74. The van der Waals surface area contributed by atoms with Crippen molar-refractivity contribution in [1.29, 1.82) is 0 Å². The van der Waals surface area contributed by atoms with Gasteiger partial charge in [-0.15, -0.1) is 0 Å². The van der Waals surface area contributed by atoms with Gasteiger partial charge in [-0.3, -0.25) is 0 Å². The number of rotatable bonds is 1. The molecular formula is C12H14F2N2O2. The fraction of sp³-hybridized carbons (Fsp3) is 0.583. The minimum Gasteiger partial charge on any atom is -0.375 e. The van der Waals surface area contributed by atoms with Gasteiger partial charge in [0.2, 0.25) is 5.95 Å². The minimum absolute atomic E-state index is 0.0712. The summed E-state index contributed by atoms with van der Waals surface area (Å²) < 4.78 is 37.8. The van der Waals surface area contributed by atoms with E-state index in [1.54, 1.807) is 4.90 Å². The molecule has 0 aromatic carbocycles. The van der Waals surface area contributed by atoms with Crippen LogP contribution in [-0.4, -0.2) is 43.0 Å². The molecule has 0 bridgehead atoms. The predicted octanol–water partition coefficient (Wildman–Crippen LogP) is 1.35. The van der Waals surface area contributed by atoms with Crippen LogP contribution >= 0.6 is 0 Å². The van der Waals surface area contributed by atoms with Gasteiger partial charge in [-0.2, -0.15) is 4.39 Å². The van der Waals surface area contributed by atoms with Crippen molar-refractivity contribution < 1.29 is 18.3 Å². The third kappa shape index (κ3) is 1.67. The fourth-order valence-electron chi connectivity index (χ4n) is 2.52. The summed E-state index contributed by atoms with van der Waals surface area (Å²) in [6.07, 6.45) is 0.881. The molecule has 0 saturated carbocycles. The van der Waals surface area contributed by atoms with E-state index in [0.717, 1.165) is 6.20 Å². The van der Waals surface area contributed by atoms with Crippen molar-refractivity contribution >= 4 is 5.69 Å². The summed E-state index contributed by atoms with van der Waals surface area (Å²) in [7, 11) is 0. The molecule has 1 unspecified atom stereocenters. The molecule has 3 rings (SSSR count). The zero-order valence-corrected chi connectivity index (χ0v) is 10.0. The Hall–Kier alpha value is -1.27. The zero-order valence-electron chi connectivity index (χ0n) is 10.0. The van der Waals surface area contributed by atoms with E-state index in [4.69, 9.17) is 9.47 Å². The average Bonchev–Trinajstić information content (AvgIpc) is 2.31. The van der Waals surface area contributed by atoms with Crippen molar-refractivity contribution in [2.75, 3.05) is 31.3 Å². The van der Waals surface area contributed by atoms with Crippen LogP contribution in [0.3, 0.4) is 0 Å². The first-order valence-corrected chi connectivity index (χ1v) is 5.92. The predicted molar refractivity (Wildman–Crippen MR) is 60.5 cm³/mol. The van der Waals surface area contributed by atoms with Gasteiger partial charge in [-0.1, -0.05) is 0 Å². The van der Waals surface area contributed by atoms with Crippen LogP contribution in [0.1, 0.15) is 6.92 Å². The normalized spacial score (nSPS) is 26.2. The van der Waals surface area contributed by atoms with E-state index in [1.165, 1.54) is 6.07 Å². The lowest BCUT2D eigenvalue weighted by atomic mass is 9.90. The summed E-state index contributed by atoms with van der Waals surface area (Å²) in [5, 5.41) is 0. The Morgan fingerprint density at radius 1 is 1.44 bits per heavy atom. The second-order valence-electron chi connectivity index (χ2n) is 4.74. The van der Waals surface area contributed by atoms with Gasteiger partial charge >= 0.3 is 0 Å². The van der Waals surface area contributed by atoms with Crippen LogP contribution in [-0.2, 0) is 9.47 Å². The Morgan fingerprint density at radius 2 is 2.22 bits per heavy atom. The molecule has 2 aliphatic heterocycles. The summed E-state index contributed by atoms with van der Waals surface area (Å²) in [4.78, 5) is 5.23. The van der Waals surface area contributed by atoms with Crippen molar-refractivity contribution in [2.45, 2.75) is 18.6 Å². The molecular weight excluding hydrogens is 242 g/mol. The monoisotopic (exact) mass is 256 g/mol. The molecule has 98 valence electrons. The zero-order chi connectivity index (χ0) is 12.8. The molecule has 1 aromatic heterocycles. The Bertz CT molecular complexity index is 465. The Balaban J connectivity index is 1.93. The van der Waals surface area contributed by atoms with Crippen molar-refractivity contribution in [2.24, 2.45) is 0 Å².